The first-order valence-corrected chi connectivity index (χ1v) is 14.5. The van der Waals surface area contributed by atoms with Crippen LogP contribution in [0.1, 0.15) is 46.8 Å². The molecule has 11 nitrogen and oxygen atoms in total. The van der Waals surface area contributed by atoms with Crippen molar-refractivity contribution in [3.63, 3.8) is 0 Å². The second-order valence-electron chi connectivity index (χ2n) is 10.3. The maximum Gasteiger partial charge on any atom is 0.255 e. The van der Waals surface area contributed by atoms with E-state index in [2.05, 4.69) is 32.9 Å². The third-order valence-corrected chi connectivity index (χ3v) is 7.68. The van der Waals surface area contributed by atoms with E-state index in [0.29, 0.717) is 17.0 Å². The van der Waals surface area contributed by atoms with Gasteiger partial charge in [0.15, 0.2) is 5.75 Å². The van der Waals surface area contributed by atoms with Crippen LogP contribution in [0.5, 0.6) is 11.5 Å². The lowest BCUT2D eigenvalue weighted by atomic mass is 9.96. The lowest BCUT2D eigenvalue weighted by Gasteiger charge is -2.20. The van der Waals surface area contributed by atoms with Gasteiger partial charge in [-0.25, -0.2) is 8.42 Å². The van der Waals surface area contributed by atoms with Crippen molar-refractivity contribution in [1.29, 1.82) is 0 Å². The Balaban J connectivity index is 1.44. The van der Waals surface area contributed by atoms with Crippen LogP contribution < -0.4 is 35.5 Å². The second kappa shape index (κ2) is 10.4. The first-order chi connectivity index (χ1) is 19.0. The summed E-state index contributed by atoms with van der Waals surface area (Å²) in [6.45, 7) is 4.06. The predicted octanol–water partition coefficient (Wildman–Crippen LogP) is 3.91. The minimum absolute atomic E-state index is 0.0759. The number of sulfonamides is 1. The molecule has 2 aromatic carbocycles. The van der Waals surface area contributed by atoms with Gasteiger partial charge in [0.05, 0.1) is 49.4 Å². The normalized spacial score (nSPS) is 15.6. The van der Waals surface area contributed by atoms with E-state index >= 15 is 0 Å². The summed E-state index contributed by atoms with van der Waals surface area (Å²) >= 11 is 0. The quantitative estimate of drug-likeness (QED) is 0.305. The van der Waals surface area contributed by atoms with Gasteiger partial charge in [-0.1, -0.05) is 13.0 Å². The molecule has 2 aliphatic rings. The minimum Gasteiger partial charge on any atom is -0.495 e. The number of carbonyl (C=O) groups is 1. The Kier molecular flexibility index (Phi) is 7.06. The number of nitrogens with zero attached hydrogens (tertiary/aromatic N) is 2. The number of ether oxygens (including phenoxy) is 2. The van der Waals surface area contributed by atoms with Crippen molar-refractivity contribution in [3.05, 3.63) is 77.2 Å². The smallest absolute Gasteiger partial charge is 0.255 e. The highest BCUT2D eigenvalue weighted by atomic mass is 32.2. The molecule has 1 amide bonds. The number of rotatable bonds is 9. The van der Waals surface area contributed by atoms with Crippen molar-refractivity contribution >= 4 is 38.7 Å². The summed E-state index contributed by atoms with van der Waals surface area (Å²) < 4.78 is 37.5. The van der Waals surface area contributed by atoms with Gasteiger partial charge >= 0.3 is 0 Å². The van der Waals surface area contributed by atoms with Crippen LogP contribution in [0.2, 0.25) is 0 Å². The number of carbonyl (C=O) groups excluding carboxylic acids is 1. The minimum atomic E-state index is -3.57. The number of anilines is 3. The topological polar surface area (TPSA) is 134 Å². The lowest BCUT2D eigenvalue weighted by Crippen LogP contribution is -2.36. The summed E-state index contributed by atoms with van der Waals surface area (Å²) in [5.41, 5.74) is 11.5. The fourth-order valence-electron chi connectivity index (χ4n) is 4.51. The number of hydrazine groups is 2. The molecule has 12 heteroatoms. The number of nitrogens with one attached hydrogen (secondary N) is 4. The standard InChI is InChI=1S/C28H32N6O5S/c1-17-6-7-18(11-25(17)34-16-24(31-33-34)19-10-21(38-3)15-29-14-19)27(35)30-22-12-20(28(2)8-9-28)13-23(26(22)39-4)32-40(5,36)37/h6-7,10-16,31-33H,8-9H2,1-5H3,(H,30,35). The van der Waals surface area contributed by atoms with Gasteiger partial charge in [-0.2, -0.15) is 0 Å². The Hall–Kier alpha value is -4.29. The van der Waals surface area contributed by atoms with Crippen LogP contribution in [0.3, 0.4) is 0 Å². The summed E-state index contributed by atoms with van der Waals surface area (Å²) in [7, 11) is -0.550. The number of pyridine rings is 1. The van der Waals surface area contributed by atoms with Crippen LogP contribution in [-0.2, 0) is 15.4 Å². The molecule has 0 bridgehead atoms. The van der Waals surface area contributed by atoms with Crippen molar-refractivity contribution in [2.75, 3.05) is 35.5 Å². The fraction of sp³-hybridized carbons (Fsp3) is 0.286. The van der Waals surface area contributed by atoms with Gasteiger partial charge in [0, 0.05) is 23.5 Å². The Morgan fingerprint density at radius 2 is 1.82 bits per heavy atom. The van der Waals surface area contributed by atoms with E-state index < -0.39 is 10.0 Å². The lowest BCUT2D eigenvalue weighted by molar-refractivity contribution is 0.102. The molecule has 40 heavy (non-hydrogen) atoms. The van der Waals surface area contributed by atoms with E-state index in [1.54, 1.807) is 42.7 Å². The molecule has 0 radical (unpaired) electrons. The molecule has 5 rings (SSSR count). The Morgan fingerprint density at radius 1 is 1.07 bits per heavy atom. The maximum absolute atomic E-state index is 13.5. The third kappa shape index (κ3) is 5.68. The molecule has 1 aliphatic carbocycles. The zero-order valence-corrected chi connectivity index (χ0v) is 23.8. The highest BCUT2D eigenvalue weighted by Crippen LogP contribution is 2.50. The largest absolute Gasteiger partial charge is 0.495 e. The molecule has 0 atom stereocenters. The summed E-state index contributed by atoms with van der Waals surface area (Å²) in [6.07, 6.45) is 8.25. The molecule has 3 aromatic rings. The average Bonchev–Trinajstić information content (AvgIpc) is 3.48. The van der Waals surface area contributed by atoms with E-state index in [1.165, 1.54) is 7.11 Å². The number of hydrogen-bond acceptors (Lipinski definition) is 9. The van der Waals surface area contributed by atoms with E-state index in [1.807, 2.05) is 31.3 Å². The third-order valence-electron chi connectivity index (χ3n) is 7.09. The molecule has 1 fully saturated rings. The highest BCUT2D eigenvalue weighted by molar-refractivity contribution is 7.92. The summed E-state index contributed by atoms with van der Waals surface area (Å²) in [6, 6.07) is 10.9. The average molecular weight is 565 g/mol. The van der Waals surface area contributed by atoms with Gasteiger partial charge in [0.25, 0.3) is 5.91 Å². The van der Waals surface area contributed by atoms with Gasteiger partial charge in [0.2, 0.25) is 10.0 Å². The van der Waals surface area contributed by atoms with E-state index in [9.17, 15) is 13.2 Å². The van der Waals surface area contributed by atoms with Crippen LogP contribution >= 0.6 is 0 Å². The second-order valence-corrected chi connectivity index (χ2v) is 12.0. The molecule has 2 heterocycles. The molecule has 1 aromatic heterocycles. The molecule has 0 spiro atoms. The van der Waals surface area contributed by atoms with Crippen LogP contribution in [0.25, 0.3) is 5.70 Å². The SMILES string of the molecule is COc1cncc(C2=CN(c3cc(C(=O)Nc4cc(C5(C)CC5)cc(NS(C)(=O)=O)c4OC)ccc3C)NN2)c1. The maximum atomic E-state index is 13.5. The molecule has 1 aliphatic heterocycles. The molecule has 0 saturated heterocycles. The van der Waals surface area contributed by atoms with Crippen molar-refractivity contribution in [3.8, 4) is 11.5 Å². The van der Waals surface area contributed by atoms with Crippen molar-refractivity contribution < 1.29 is 22.7 Å². The molecular formula is C28H32N6O5S. The predicted molar refractivity (Wildman–Crippen MR) is 155 cm³/mol. The number of benzene rings is 2. The van der Waals surface area contributed by atoms with Gasteiger partial charge in [0.1, 0.15) is 5.75 Å². The molecule has 0 unspecified atom stereocenters. The molecular weight excluding hydrogens is 532 g/mol. The van der Waals surface area contributed by atoms with Crippen LogP contribution in [0.4, 0.5) is 17.1 Å². The number of amides is 1. The molecule has 4 N–H and O–H groups in total. The van der Waals surface area contributed by atoms with Crippen molar-refractivity contribution in [2.45, 2.75) is 32.1 Å². The first kappa shape index (κ1) is 27.3. The molecule has 210 valence electrons. The summed E-state index contributed by atoms with van der Waals surface area (Å²) in [4.78, 5) is 17.7. The zero-order chi connectivity index (χ0) is 28.7. The van der Waals surface area contributed by atoms with E-state index in [0.717, 1.165) is 47.2 Å². The number of aryl methyl sites for hydroxylation is 1. The van der Waals surface area contributed by atoms with Crippen LogP contribution in [0.15, 0.2) is 55.0 Å². The highest BCUT2D eigenvalue weighted by Gasteiger charge is 2.40. The summed E-state index contributed by atoms with van der Waals surface area (Å²) in [5.74, 6) is 0.513. The zero-order valence-electron chi connectivity index (χ0n) is 23.0. The molecule has 1 saturated carbocycles. The van der Waals surface area contributed by atoms with Gasteiger partial charge < -0.3 is 20.2 Å². The van der Waals surface area contributed by atoms with Gasteiger partial charge in [-0.05, 0) is 66.6 Å². The Labute approximate surface area is 233 Å². The summed E-state index contributed by atoms with van der Waals surface area (Å²) in [5, 5.41) is 4.72. The van der Waals surface area contributed by atoms with Crippen LogP contribution in [-0.4, -0.2) is 39.8 Å². The Bertz CT molecular complexity index is 1620. The Morgan fingerprint density at radius 3 is 2.50 bits per heavy atom. The monoisotopic (exact) mass is 564 g/mol. The number of methoxy groups -OCH3 is 2. The van der Waals surface area contributed by atoms with Crippen molar-refractivity contribution in [1.82, 2.24) is 15.9 Å². The number of aromatic nitrogens is 1. The van der Waals surface area contributed by atoms with E-state index in [-0.39, 0.29) is 22.8 Å². The van der Waals surface area contributed by atoms with Gasteiger partial charge in [-0.3, -0.25) is 19.5 Å². The van der Waals surface area contributed by atoms with E-state index in [4.69, 9.17) is 9.47 Å². The number of hydrogen-bond donors (Lipinski definition) is 4. The van der Waals surface area contributed by atoms with Crippen molar-refractivity contribution in [2.24, 2.45) is 0 Å². The van der Waals surface area contributed by atoms with Crippen LogP contribution in [0, 0.1) is 6.92 Å². The van der Waals surface area contributed by atoms with Gasteiger partial charge in [-0.15, -0.1) is 5.53 Å². The fourth-order valence-corrected chi connectivity index (χ4v) is 5.07. The first-order valence-electron chi connectivity index (χ1n) is 12.6.